The van der Waals surface area contributed by atoms with E-state index < -0.39 is 27.2 Å². The van der Waals surface area contributed by atoms with E-state index in [1.165, 1.54) is 19.2 Å². The Labute approximate surface area is 110 Å². The summed E-state index contributed by atoms with van der Waals surface area (Å²) in [6.45, 7) is 0. The van der Waals surface area contributed by atoms with Crippen molar-refractivity contribution in [2.24, 2.45) is 7.05 Å². The number of nitrogens with one attached hydrogen (secondary N) is 1. The van der Waals surface area contributed by atoms with Gasteiger partial charge in [0.1, 0.15) is 5.82 Å². The van der Waals surface area contributed by atoms with E-state index >= 15 is 0 Å². The Kier molecular flexibility index (Phi) is 3.29. The third-order valence-corrected chi connectivity index (χ3v) is 2.47. The highest BCUT2D eigenvalue weighted by atomic mass is 19.1. The molecule has 1 heterocycles. The number of benzene rings is 1. The normalized spacial score (nSPS) is 10.3. The maximum Gasteiger partial charge on any atom is 0.470 e. The molecular formula is C10H8FN5O4. The fourth-order valence-corrected chi connectivity index (χ4v) is 1.60. The Morgan fingerprint density at radius 1 is 1.20 bits per heavy atom. The van der Waals surface area contributed by atoms with Crippen LogP contribution < -0.4 is 5.32 Å². The van der Waals surface area contributed by atoms with E-state index in [0.29, 0.717) is 5.69 Å². The van der Waals surface area contributed by atoms with E-state index in [-0.39, 0.29) is 5.82 Å². The summed E-state index contributed by atoms with van der Waals surface area (Å²) in [5.74, 6) is -1.49. The van der Waals surface area contributed by atoms with Crippen molar-refractivity contribution in [3.05, 3.63) is 50.3 Å². The molecule has 0 fully saturated rings. The zero-order chi connectivity index (χ0) is 14.9. The first-order chi connectivity index (χ1) is 9.40. The van der Waals surface area contributed by atoms with Crippen LogP contribution in [0.3, 0.4) is 0 Å². The van der Waals surface area contributed by atoms with E-state index in [2.05, 4.69) is 10.4 Å². The second-order valence-electron chi connectivity index (χ2n) is 3.79. The molecule has 10 heteroatoms. The third kappa shape index (κ3) is 2.39. The molecule has 0 spiro atoms. The minimum atomic E-state index is -0.937. The highest BCUT2D eigenvalue weighted by Crippen LogP contribution is 2.35. The minimum Gasteiger partial charge on any atom is -0.358 e. The van der Waals surface area contributed by atoms with Crippen molar-refractivity contribution >= 4 is 23.0 Å². The zero-order valence-electron chi connectivity index (χ0n) is 10.1. The molecule has 0 aliphatic heterocycles. The first-order valence-corrected chi connectivity index (χ1v) is 5.28. The van der Waals surface area contributed by atoms with Crippen molar-refractivity contribution in [3.8, 4) is 0 Å². The van der Waals surface area contributed by atoms with Crippen molar-refractivity contribution in [2.45, 2.75) is 0 Å². The molecular weight excluding hydrogens is 273 g/mol. The van der Waals surface area contributed by atoms with E-state index in [1.54, 1.807) is 0 Å². The van der Waals surface area contributed by atoms with Crippen LogP contribution in [0.25, 0.3) is 0 Å². The second kappa shape index (κ2) is 4.91. The average molecular weight is 281 g/mol. The Balaban J connectivity index is 2.48. The number of aryl methyl sites for hydroxylation is 1. The van der Waals surface area contributed by atoms with Gasteiger partial charge in [-0.3, -0.25) is 10.1 Å². The maximum absolute atomic E-state index is 12.8. The SMILES string of the molecule is Cn1nc([N+](=O)[O-])c([N+](=O)[O-])c1Nc1ccc(F)cc1. The molecule has 104 valence electrons. The van der Waals surface area contributed by atoms with Crippen molar-refractivity contribution in [1.82, 2.24) is 9.78 Å². The van der Waals surface area contributed by atoms with E-state index in [9.17, 15) is 24.6 Å². The molecule has 2 rings (SSSR count). The smallest absolute Gasteiger partial charge is 0.358 e. The van der Waals surface area contributed by atoms with Gasteiger partial charge in [-0.15, -0.1) is 0 Å². The van der Waals surface area contributed by atoms with Crippen LogP contribution in [0, 0.1) is 26.0 Å². The Morgan fingerprint density at radius 2 is 1.80 bits per heavy atom. The van der Waals surface area contributed by atoms with E-state index in [1.807, 2.05) is 0 Å². The molecule has 0 atom stereocenters. The van der Waals surface area contributed by atoms with Crippen LogP contribution in [0.2, 0.25) is 0 Å². The van der Waals surface area contributed by atoms with Crippen molar-refractivity contribution in [1.29, 1.82) is 0 Å². The zero-order valence-corrected chi connectivity index (χ0v) is 10.1. The lowest BCUT2D eigenvalue weighted by molar-refractivity contribution is -0.424. The van der Waals surface area contributed by atoms with Gasteiger partial charge in [0, 0.05) is 5.69 Å². The van der Waals surface area contributed by atoms with Crippen molar-refractivity contribution in [2.75, 3.05) is 5.32 Å². The molecule has 1 aromatic carbocycles. The second-order valence-corrected chi connectivity index (χ2v) is 3.79. The molecule has 0 unspecified atom stereocenters. The molecule has 0 aliphatic carbocycles. The van der Waals surface area contributed by atoms with Gasteiger partial charge in [0.05, 0.1) is 17.1 Å². The molecule has 0 radical (unpaired) electrons. The molecule has 1 aromatic heterocycles. The molecule has 1 N–H and O–H groups in total. The van der Waals surface area contributed by atoms with Gasteiger partial charge in [-0.05, 0) is 29.2 Å². The maximum atomic E-state index is 12.8. The van der Waals surface area contributed by atoms with Crippen LogP contribution in [0.15, 0.2) is 24.3 Å². The number of aromatic nitrogens is 2. The van der Waals surface area contributed by atoms with Crippen LogP contribution in [-0.2, 0) is 7.05 Å². The topological polar surface area (TPSA) is 116 Å². The molecule has 0 saturated carbocycles. The Morgan fingerprint density at radius 3 is 2.30 bits per heavy atom. The van der Waals surface area contributed by atoms with Gasteiger partial charge < -0.3 is 15.4 Å². The Bertz CT molecular complexity index is 682. The number of anilines is 2. The van der Waals surface area contributed by atoms with Crippen LogP contribution in [0.1, 0.15) is 0 Å². The Hall–Kier alpha value is -3.04. The van der Waals surface area contributed by atoms with Gasteiger partial charge in [-0.2, -0.15) is 4.68 Å². The number of nitrogens with zero attached hydrogens (tertiary/aromatic N) is 4. The summed E-state index contributed by atoms with van der Waals surface area (Å²) in [5.41, 5.74) is -0.408. The van der Waals surface area contributed by atoms with Crippen molar-refractivity contribution in [3.63, 3.8) is 0 Å². The van der Waals surface area contributed by atoms with Crippen LogP contribution in [0.5, 0.6) is 0 Å². The first-order valence-electron chi connectivity index (χ1n) is 5.28. The molecule has 0 bridgehead atoms. The summed E-state index contributed by atoms with van der Waals surface area (Å²) in [6, 6.07) is 4.99. The number of halogens is 1. The fourth-order valence-electron chi connectivity index (χ4n) is 1.60. The molecule has 0 amide bonds. The quantitative estimate of drug-likeness (QED) is 0.677. The number of hydrogen-bond donors (Lipinski definition) is 1. The van der Waals surface area contributed by atoms with E-state index in [4.69, 9.17) is 0 Å². The predicted molar refractivity (Wildman–Crippen MR) is 66.2 cm³/mol. The minimum absolute atomic E-state index is 0.159. The molecule has 20 heavy (non-hydrogen) atoms. The predicted octanol–water partition coefficient (Wildman–Crippen LogP) is 2.12. The number of hydrogen-bond acceptors (Lipinski definition) is 6. The lowest BCUT2D eigenvalue weighted by atomic mass is 10.3. The van der Waals surface area contributed by atoms with Gasteiger partial charge in [0.2, 0.25) is 5.82 Å². The lowest BCUT2D eigenvalue weighted by Gasteiger charge is -2.03. The third-order valence-electron chi connectivity index (χ3n) is 2.47. The van der Waals surface area contributed by atoms with E-state index in [0.717, 1.165) is 16.8 Å². The summed E-state index contributed by atoms with van der Waals surface area (Å²) >= 11 is 0. The van der Waals surface area contributed by atoms with Crippen LogP contribution in [-0.4, -0.2) is 19.6 Å². The summed E-state index contributed by atoms with van der Waals surface area (Å²) in [6.07, 6.45) is 0. The fraction of sp³-hybridized carbons (Fsp3) is 0.100. The first kappa shape index (κ1) is 13.4. The van der Waals surface area contributed by atoms with Gasteiger partial charge in [0.25, 0.3) is 0 Å². The highest BCUT2D eigenvalue weighted by molar-refractivity contribution is 5.71. The van der Waals surface area contributed by atoms with Gasteiger partial charge in [0.15, 0.2) is 0 Å². The lowest BCUT2D eigenvalue weighted by Crippen LogP contribution is -2.01. The van der Waals surface area contributed by atoms with Crippen LogP contribution in [0.4, 0.5) is 27.4 Å². The summed E-state index contributed by atoms with van der Waals surface area (Å²) in [4.78, 5) is 19.9. The number of rotatable bonds is 4. The van der Waals surface area contributed by atoms with Crippen LogP contribution >= 0.6 is 0 Å². The average Bonchev–Trinajstić information content (AvgIpc) is 2.70. The van der Waals surface area contributed by atoms with Gasteiger partial charge >= 0.3 is 11.5 Å². The summed E-state index contributed by atoms with van der Waals surface area (Å²) in [5, 5.41) is 27.8. The monoisotopic (exact) mass is 281 g/mol. The largest absolute Gasteiger partial charge is 0.470 e. The molecule has 0 saturated heterocycles. The standard InChI is InChI=1S/C10H8FN5O4/c1-14-9(12-7-4-2-6(11)3-5-7)8(15(17)18)10(13-14)16(19)20/h2-5,12H,1H3. The molecule has 0 aliphatic rings. The molecule has 9 nitrogen and oxygen atoms in total. The highest BCUT2D eigenvalue weighted by Gasteiger charge is 2.36. The van der Waals surface area contributed by atoms with Gasteiger partial charge in [-0.25, -0.2) is 4.39 Å². The van der Waals surface area contributed by atoms with Crippen molar-refractivity contribution < 1.29 is 14.2 Å². The number of nitro groups is 2. The van der Waals surface area contributed by atoms with Gasteiger partial charge in [-0.1, -0.05) is 0 Å². The summed E-state index contributed by atoms with van der Waals surface area (Å²) in [7, 11) is 1.33. The molecule has 2 aromatic rings. The summed E-state index contributed by atoms with van der Waals surface area (Å²) < 4.78 is 13.8.